The van der Waals surface area contributed by atoms with Crippen LogP contribution in [0.25, 0.3) is 0 Å². The molecule has 7 nitrogen and oxygen atoms in total. The van der Waals surface area contributed by atoms with Gasteiger partial charge in [-0.1, -0.05) is 17.7 Å². The van der Waals surface area contributed by atoms with Crippen molar-refractivity contribution >= 4 is 33.5 Å². The van der Waals surface area contributed by atoms with Gasteiger partial charge in [-0.3, -0.25) is 9.59 Å². The number of carboxylic acid groups (broad SMARTS) is 1. The number of carbonyl (C=O) groups excluding carboxylic acids is 1. The lowest BCUT2D eigenvalue weighted by molar-refractivity contribution is -0.138. The molecule has 1 aliphatic rings. The van der Waals surface area contributed by atoms with Crippen molar-refractivity contribution in [1.82, 2.24) is 9.62 Å². The molecule has 1 amide bonds. The molecular weight excluding hydrogens is 356 g/mol. The number of carbonyl (C=O) groups is 2. The highest BCUT2D eigenvalue weighted by Crippen LogP contribution is 2.20. The van der Waals surface area contributed by atoms with E-state index in [9.17, 15) is 18.0 Å². The first-order valence-electron chi connectivity index (χ1n) is 7.49. The van der Waals surface area contributed by atoms with Crippen molar-refractivity contribution in [3.05, 3.63) is 34.9 Å². The Kier molecular flexibility index (Phi) is 5.84. The Morgan fingerprint density at radius 2 is 2.12 bits per heavy atom. The van der Waals surface area contributed by atoms with Gasteiger partial charge in [0.1, 0.15) is 6.04 Å². The lowest BCUT2D eigenvalue weighted by Gasteiger charge is -2.33. The van der Waals surface area contributed by atoms with Crippen LogP contribution >= 0.6 is 11.6 Å². The molecule has 132 valence electrons. The Labute approximate surface area is 145 Å². The molecule has 0 aromatic heterocycles. The molecule has 0 radical (unpaired) electrons. The standard InChI is InChI=1S/C15H19ClN2O5S/c1-10(15(20)21)17-24(22,23)13-6-3-7-18(9-13)14(19)11-4-2-5-12(16)8-11/h2,4-5,8,10,13,17H,3,6-7,9H2,1H3,(H,20,21)/t10-,13?/m0/s1. The van der Waals surface area contributed by atoms with Gasteiger partial charge < -0.3 is 10.0 Å². The van der Waals surface area contributed by atoms with Gasteiger partial charge in [-0.05, 0) is 38.0 Å². The predicted molar refractivity (Wildman–Crippen MR) is 89.5 cm³/mol. The van der Waals surface area contributed by atoms with E-state index in [2.05, 4.69) is 4.72 Å². The van der Waals surface area contributed by atoms with Gasteiger partial charge in [0.05, 0.1) is 5.25 Å². The van der Waals surface area contributed by atoms with Crippen molar-refractivity contribution in [3.63, 3.8) is 0 Å². The molecule has 0 bridgehead atoms. The van der Waals surface area contributed by atoms with E-state index in [0.717, 1.165) is 0 Å². The van der Waals surface area contributed by atoms with E-state index < -0.39 is 27.3 Å². The Balaban J connectivity index is 2.11. The molecule has 0 saturated carbocycles. The minimum absolute atomic E-state index is 0.0209. The summed E-state index contributed by atoms with van der Waals surface area (Å²) in [5.41, 5.74) is 0.396. The highest BCUT2D eigenvalue weighted by Gasteiger charge is 2.34. The zero-order valence-electron chi connectivity index (χ0n) is 13.1. The fourth-order valence-electron chi connectivity index (χ4n) is 2.57. The molecular formula is C15H19ClN2O5S. The van der Waals surface area contributed by atoms with E-state index in [-0.39, 0.29) is 12.5 Å². The van der Waals surface area contributed by atoms with Gasteiger partial charge in [0.2, 0.25) is 10.0 Å². The molecule has 1 aliphatic heterocycles. The monoisotopic (exact) mass is 374 g/mol. The fourth-order valence-corrected chi connectivity index (χ4v) is 4.40. The van der Waals surface area contributed by atoms with Crippen molar-refractivity contribution in [3.8, 4) is 0 Å². The van der Waals surface area contributed by atoms with Crippen LogP contribution in [-0.2, 0) is 14.8 Å². The molecule has 1 fully saturated rings. The van der Waals surface area contributed by atoms with Gasteiger partial charge in [0.25, 0.3) is 5.91 Å². The van der Waals surface area contributed by atoms with Gasteiger partial charge in [-0.2, -0.15) is 0 Å². The molecule has 1 saturated heterocycles. The fraction of sp³-hybridized carbons (Fsp3) is 0.467. The zero-order valence-corrected chi connectivity index (χ0v) is 14.7. The quantitative estimate of drug-likeness (QED) is 0.809. The lowest BCUT2D eigenvalue weighted by Crippen LogP contribution is -2.51. The van der Waals surface area contributed by atoms with E-state index in [0.29, 0.717) is 30.0 Å². The van der Waals surface area contributed by atoms with E-state index >= 15 is 0 Å². The molecule has 1 unspecified atom stereocenters. The Morgan fingerprint density at radius 1 is 1.42 bits per heavy atom. The van der Waals surface area contributed by atoms with Crippen LogP contribution in [0.2, 0.25) is 5.02 Å². The largest absolute Gasteiger partial charge is 0.480 e. The molecule has 24 heavy (non-hydrogen) atoms. The predicted octanol–water partition coefficient (Wildman–Crippen LogP) is 1.34. The smallest absolute Gasteiger partial charge is 0.321 e. The third-order valence-corrected chi connectivity index (χ3v) is 6.07. The summed E-state index contributed by atoms with van der Waals surface area (Å²) in [6, 6.07) is 5.25. The van der Waals surface area contributed by atoms with Crippen molar-refractivity contribution < 1.29 is 23.1 Å². The average molecular weight is 375 g/mol. The molecule has 9 heteroatoms. The third kappa shape index (κ3) is 4.46. The van der Waals surface area contributed by atoms with Gasteiger partial charge >= 0.3 is 5.97 Å². The van der Waals surface area contributed by atoms with E-state index in [1.165, 1.54) is 17.9 Å². The van der Waals surface area contributed by atoms with E-state index in [1.54, 1.807) is 18.2 Å². The summed E-state index contributed by atoms with van der Waals surface area (Å²) in [5, 5.41) is 8.45. The van der Waals surface area contributed by atoms with E-state index in [1.807, 2.05) is 0 Å². The average Bonchev–Trinajstić information content (AvgIpc) is 2.53. The molecule has 0 spiro atoms. The molecule has 2 rings (SSSR count). The highest BCUT2D eigenvalue weighted by molar-refractivity contribution is 7.90. The second-order valence-electron chi connectivity index (χ2n) is 5.75. The van der Waals surface area contributed by atoms with Crippen molar-refractivity contribution in [1.29, 1.82) is 0 Å². The van der Waals surface area contributed by atoms with Crippen LogP contribution in [-0.4, -0.2) is 54.7 Å². The van der Waals surface area contributed by atoms with Gasteiger partial charge in [0.15, 0.2) is 0 Å². The van der Waals surface area contributed by atoms with Crippen molar-refractivity contribution in [2.75, 3.05) is 13.1 Å². The highest BCUT2D eigenvalue weighted by atomic mass is 35.5. The van der Waals surface area contributed by atoms with Crippen LogP contribution in [0, 0.1) is 0 Å². The summed E-state index contributed by atoms with van der Waals surface area (Å²) in [7, 11) is -3.84. The van der Waals surface area contributed by atoms with Crippen LogP contribution in [0.15, 0.2) is 24.3 Å². The summed E-state index contributed by atoms with van der Waals surface area (Å²) in [5.74, 6) is -1.54. The number of sulfonamides is 1. The van der Waals surface area contributed by atoms with Crippen molar-refractivity contribution in [2.45, 2.75) is 31.1 Å². The minimum atomic E-state index is -3.84. The van der Waals surface area contributed by atoms with Gasteiger partial charge in [-0.25, -0.2) is 13.1 Å². The minimum Gasteiger partial charge on any atom is -0.480 e. The number of rotatable bonds is 5. The SMILES string of the molecule is C[C@H](NS(=O)(=O)C1CCCN(C(=O)c2cccc(Cl)c2)C1)C(=O)O. The zero-order chi connectivity index (χ0) is 17.9. The number of carboxylic acids is 1. The Hall–Kier alpha value is -1.64. The summed E-state index contributed by atoms with van der Waals surface area (Å²) < 4.78 is 26.8. The topological polar surface area (TPSA) is 104 Å². The van der Waals surface area contributed by atoms with Crippen LogP contribution in [0.5, 0.6) is 0 Å². The summed E-state index contributed by atoms with van der Waals surface area (Å²) >= 11 is 5.88. The number of nitrogens with zero attached hydrogens (tertiary/aromatic N) is 1. The molecule has 0 aliphatic carbocycles. The van der Waals surface area contributed by atoms with Gasteiger partial charge in [-0.15, -0.1) is 0 Å². The first-order valence-corrected chi connectivity index (χ1v) is 9.42. The number of aliphatic carboxylic acids is 1. The van der Waals surface area contributed by atoms with Crippen LogP contribution < -0.4 is 4.72 Å². The number of hydrogen-bond acceptors (Lipinski definition) is 4. The first-order chi connectivity index (χ1) is 11.2. The van der Waals surface area contributed by atoms with E-state index in [4.69, 9.17) is 16.7 Å². The maximum atomic E-state index is 12.5. The number of amides is 1. The van der Waals surface area contributed by atoms with Gasteiger partial charge in [0, 0.05) is 23.7 Å². The maximum Gasteiger partial charge on any atom is 0.321 e. The molecule has 1 aromatic carbocycles. The summed E-state index contributed by atoms with van der Waals surface area (Å²) in [4.78, 5) is 24.8. The number of halogens is 1. The molecule has 1 aromatic rings. The first kappa shape index (κ1) is 18.7. The molecule has 2 N–H and O–H groups in total. The number of hydrogen-bond donors (Lipinski definition) is 2. The van der Waals surface area contributed by atoms with Crippen LogP contribution in [0.4, 0.5) is 0 Å². The normalized spacial score (nSPS) is 19.8. The second-order valence-corrected chi connectivity index (χ2v) is 8.18. The summed E-state index contributed by atoms with van der Waals surface area (Å²) in [6.07, 6.45) is 0.903. The number of nitrogens with one attached hydrogen (secondary N) is 1. The number of benzene rings is 1. The van der Waals surface area contributed by atoms with Crippen LogP contribution in [0.3, 0.4) is 0 Å². The Bertz CT molecular complexity index is 737. The number of piperidine rings is 1. The number of likely N-dealkylation sites (tertiary alicyclic amines) is 1. The Morgan fingerprint density at radius 3 is 2.75 bits per heavy atom. The van der Waals surface area contributed by atoms with Crippen LogP contribution in [0.1, 0.15) is 30.1 Å². The second kappa shape index (κ2) is 7.50. The van der Waals surface area contributed by atoms with Crippen molar-refractivity contribution in [2.24, 2.45) is 0 Å². The third-order valence-electron chi connectivity index (χ3n) is 3.89. The molecule has 2 atom stereocenters. The summed E-state index contributed by atoms with van der Waals surface area (Å²) in [6.45, 7) is 1.73. The maximum absolute atomic E-state index is 12.5. The molecule has 1 heterocycles. The lowest BCUT2D eigenvalue weighted by atomic mass is 10.1.